The third-order valence-corrected chi connectivity index (χ3v) is 11.0. The van der Waals surface area contributed by atoms with Crippen molar-refractivity contribution in [1.82, 2.24) is 25.2 Å². The number of aromatic nitrogens is 3. The van der Waals surface area contributed by atoms with E-state index in [1.807, 2.05) is 0 Å². The van der Waals surface area contributed by atoms with E-state index in [1.54, 1.807) is 10.9 Å². The minimum absolute atomic E-state index is 0.0340. The monoisotopic (exact) mass is 610 g/mol. The molecule has 0 aromatic carbocycles. The van der Waals surface area contributed by atoms with Crippen molar-refractivity contribution in [1.29, 1.82) is 0 Å². The number of ether oxygens (including phenoxy) is 1. The molecule has 0 spiro atoms. The van der Waals surface area contributed by atoms with Gasteiger partial charge in [0.15, 0.2) is 0 Å². The third kappa shape index (κ3) is 9.14. The molecule has 1 aromatic rings. The van der Waals surface area contributed by atoms with Crippen molar-refractivity contribution < 1.29 is 52.4 Å². The summed E-state index contributed by atoms with van der Waals surface area (Å²) in [5.74, 6) is -1.41. The lowest BCUT2D eigenvalue weighted by atomic mass is 10.1. The van der Waals surface area contributed by atoms with E-state index < -0.39 is 59.6 Å². The summed E-state index contributed by atoms with van der Waals surface area (Å²) in [6.07, 6.45) is 1.15. The Kier molecular flexibility index (Phi) is 10.4. The summed E-state index contributed by atoms with van der Waals surface area (Å²) in [4.78, 5) is 42.3. The van der Waals surface area contributed by atoms with Gasteiger partial charge in [-0.05, 0) is 23.8 Å². The van der Waals surface area contributed by atoms with Gasteiger partial charge in [-0.2, -0.15) is 4.89 Å². The van der Waals surface area contributed by atoms with Crippen molar-refractivity contribution in [3.05, 3.63) is 42.8 Å². The number of nitrogens with zero attached hydrogens (tertiary/aromatic N) is 4. The molecule has 3 heterocycles. The molecule has 0 saturated carbocycles. The molecule has 5 unspecified atom stereocenters. The summed E-state index contributed by atoms with van der Waals surface area (Å²) in [6.45, 7) is 7.74. The van der Waals surface area contributed by atoms with E-state index in [0.717, 1.165) is 0 Å². The minimum Gasteiger partial charge on any atom is -0.513 e. The highest BCUT2D eigenvalue weighted by Gasteiger charge is 2.43. The lowest BCUT2D eigenvalue weighted by Gasteiger charge is -2.32. The molecule has 2 aliphatic heterocycles. The minimum atomic E-state index is -4.79. The molecule has 1 fully saturated rings. The number of aliphatic hydroxyl groups excluding tert-OH is 2. The van der Waals surface area contributed by atoms with Crippen LogP contribution in [0.25, 0.3) is 5.57 Å². The normalized spacial score (nSPS) is 25.0. The molecule has 2 aliphatic rings. The van der Waals surface area contributed by atoms with Gasteiger partial charge in [0.2, 0.25) is 0 Å². The molecule has 1 saturated heterocycles. The lowest BCUT2D eigenvalue weighted by Crippen LogP contribution is -2.42. The number of rotatable bonds is 14. The zero-order valence-corrected chi connectivity index (χ0v) is 23.5. The first-order chi connectivity index (χ1) is 18.2. The van der Waals surface area contributed by atoms with Crippen molar-refractivity contribution in [2.45, 2.75) is 57.1 Å². The van der Waals surface area contributed by atoms with E-state index in [2.05, 4.69) is 33.1 Å². The summed E-state index contributed by atoms with van der Waals surface area (Å²) in [6, 6.07) is 0. The van der Waals surface area contributed by atoms with Gasteiger partial charge < -0.3 is 35.0 Å². The quantitative estimate of drug-likeness (QED) is 0.1000. The Hall–Kier alpha value is -2.25. The molecule has 1 amide bonds. The van der Waals surface area contributed by atoms with E-state index >= 15 is 0 Å². The van der Waals surface area contributed by atoms with Gasteiger partial charge in [0.25, 0.3) is 11.8 Å². The first kappa shape index (κ1) is 31.3. The van der Waals surface area contributed by atoms with Crippen LogP contribution in [0, 0.1) is 0 Å². The third-order valence-electron chi connectivity index (χ3n) is 5.76. The van der Waals surface area contributed by atoms with Gasteiger partial charge in [-0.25, -0.2) is 4.31 Å². The number of carbonyl (C=O) groups is 1. The molecule has 39 heavy (non-hydrogen) atoms. The fraction of sp³-hybridized carbons (Fsp3) is 0.550. The number of allylic oxidation sites excluding steroid dienone is 1. The van der Waals surface area contributed by atoms with E-state index in [4.69, 9.17) is 9.63 Å². The second-order valence-corrected chi connectivity index (χ2v) is 14.5. The van der Waals surface area contributed by atoms with Gasteiger partial charge in [0.05, 0.1) is 35.9 Å². The Balaban J connectivity index is 1.63. The number of hydrogen-bond donors (Lipinski definition) is 6. The van der Waals surface area contributed by atoms with Crippen LogP contribution in [0.15, 0.2) is 37.1 Å². The predicted octanol–water partition coefficient (Wildman–Crippen LogP) is 1.71. The number of aryl methyl sites for hydroxylation is 1. The van der Waals surface area contributed by atoms with Gasteiger partial charge >= 0.3 is 23.2 Å². The fourth-order valence-electron chi connectivity index (χ4n) is 3.97. The van der Waals surface area contributed by atoms with Crippen molar-refractivity contribution in [3.8, 4) is 0 Å². The van der Waals surface area contributed by atoms with Crippen LogP contribution in [0.4, 0.5) is 0 Å². The zero-order valence-electron chi connectivity index (χ0n) is 20.8. The molecule has 16 nitrogen and oxygen atoms in total. The fourth-order valence-corrected chi connectivity index (χ4v) is 8.36. The molecule has 1 aromatic heterocycles. The Morgan fingerprint density at radius 3 is 2.69 bits per heavy atom. The lowest BCUT2D eigenvalue weighted by molar-refractivity contribution is -0.116. The Morgan fingerprint density at radius 1 is 1.31 bits per heavy atom. The van der Waals surface area contributed by atoms with Crippen LogP contribution in [0.3, 0.4) is 0 Å². The number of amides is 1. The summed E-state index contributed by atoms with van der Waals surface area (Å²) < 4.78 is 46.5. The van der Waals surface area contributed by atoms with Crippen molar-refractivity contribution in [3.63, 3.8) is 0 Å². The second-order valence-electron chi connectivity index (χ2n) is 9.04. The van der Waals surface area contributed by atoms with Gasteiger partial charge in [-0.15, -0.1) is 5.10 Å². The standard InChI is InChI=1S/C20H30N5O11P3/c1-13(26)5-3-4-7-24-11-16(22-23-24)15-10-25(14(2)21-20(15)28)19-9-17(27)18(35-19)6-8-38(31,32)36-39(33,34)12-37(29)30/h10-11,17-19,27H,1-9,12H2,(H4-,21,26,28,29,30,31,32,33,34)/p+1/t17-,18?,19?/m0/s1. The zero-order chi connectivity index (χ0) is 29.0. The average Bonchev–Trinajstić information content (AvgIpc) is 3.40. The van der Waals surface area contributed by atoms with Crippen LogP contribution in [0.5, 0.6) is 0 Å². The highest BCUT2D eigenvalue weighted by molar-refractivity contribution is 7.71. The maximum atomic E-state index is 12.6. The predicted molar refractivity (Wildman–Crippen MR) is 137 cm³/mol. The number of nitrogens with one attached hydrogen (secondary N) is 1. The van der Waals surface area contributed by atoms with Gasteiger partial charge in [0, 0.05) is 25.6 Å². The highest BCUT2D eigenvalue weighted by Crippen LogP contribution is 2.62. The Bertz CT molecular complexity index is 1250. The second kappa shape index (κ2) is 12.9. The van der Waals surface area contributed by atoms with Crippen molar-refractivity contribution >= 4 is 34.7 Å². The van der Waals surface area contributed by atoms with Crippen LogP contribution >= 0.6 is 23.2 Å². The molecule has 0 radical (unpaired) electrons. The van der Waals surface area contributed by atoms with Crippen LogP contribution in [-0.4, -0.2) is 81.2 Å². The SMILES string of the molecule is C=C(O)CCCCn1cc(C2=CN(C3C[C@H](O)C(CCP(=O)(O)OP(=O)(O)C[P+](=O)O)O3)C(=C)NC2=O)nn1. The maximum Gasteiger partial charge on any atom is 0.518 e. The van der Waals surface area contributed by atoms with Gasteiger partial charge in [-0.3, -0.25) is 18.6 Å². The molecule has 216 valence electrons. The molecule has 3 rings (SSSR count). The first-order valence-corrected chi connectivity index (χ1v) is 16.7. The molecule has 6 N–H and O–H groups in total. The van der Waals surface area contributed by atoms with Crippen LogP contribution in [0.2, 0.25) is 0 Å². The largest absolute Gasteiger partial charge is 0.518 e. The molecule has 0 bridgehead atoms. The number of unbranched alkanes of at least 4 members (excludes halogenated alkanes) is 1. The van der Waals surface area contributed by atoms with E-state index in [0.29, 0.717) is 25.8 Å². The van der Waals surface area contributed by atoms with Crippen LogP contribution in [-0.2, 0) is 34.1 Å². The van der Waals surface area contributed by atoms with E-state index in [-0.39, 0.29) is 35.7 Å². The van der Waals surface area contributed by atoms with Gasteiger partial charge in [-0.1, -0.05) is 18.4 Å². The Labute approximate surface area is 224 Å². The molecular formula is C20H31N5O11P3+. The Morgan fingerprint density at radius 2 is 2.03 bits per heavy atom. The van der Waals surface area contributed by atoms with Crippen LogP contribution < -0.4 is 5.32 Å². The highest BCUT2D eigenvalue weighted by atomic mass is 31.3. The maximum absolute atomic E-state index is 12.6. The summed E-state index contributed by atoms with van der Waals surface area (Å²) in [7, 11) is -12.5. The smallest absolute Gasteiger partial charge is 0.513 e. The summed E-state index contributed by atoms with van der Waals surface area (Å²) >= 11 is 0. The van der Waals surface area contributed by atoms with Crippen LogP contribution in [0.1, 0.15) is 37.8 Å². The molecular weight excluding hydrogens is 579 g/mol. The first-order valence-electron chi connectivity index (χ1n) is 11.8. The number of carbonyl (C=O) groups excluding carboxylic acids is 1. The molecule has 19 heteroatoms. The topological polar surface area (TPSA) is 234 Å². The number of aliphatic hydroxyl groups is 2. The van der Waals surface area contributed by atoms with Gasteiger partial charge in [0.1, 0.15) is 17.7 Å². The summed E-state index contributed by atoms with van der Waals surface area (Å²) in [5.41, 5.74) is 0.441. The summed E-state index contributed by atoms with van der Waals surface area (Å²) in [5, 5.41) is 30.3. The van der Waals surface area contributed by atoms with Crippen molar-refractivity contribution in [2.75, 3.05) is 12.1 Å². The van der Waals surface area contributed by atoms with Crippen molar-refractivity contribution in [2.24, 2.45) is 0 Å². The van der Waals surface area contributed by atoms with E-state index in [9.17, 15) is 38.5 Å². The average molecular weight is 610 g/mol. The van der Waals surface area contributed by atoms with E-state index in [1.165, 1.54) is 11.1 Å². The molecule has 0 aliphatic carbocycles. The molecule has 6 atom stereocenters. The number of hydrogen-bond acceptors (Lipinski definition) is 11.